The molecule has 0 radical (unpaired) electrons. The van der Waals surface area contributed by atoms with E-state index in [9.17, 15) is 5.26 Å². The van der Waals surface area contributed by atoms with Crippen molar-refractivity contribution < 1.29 is 4.52 Å². The highest BCUT2D eigenvalue weighted by Gasteiger charge is 2.16. The molecule has 0 unspecified atom stereocenters. The number of rotatable bonds is 10. The summed E-state index contributed by atoms with van der Waals surface area (Å²) in [4.78, 5) is 4.25. The number of nitrogen functional groups attached to an aromatic ring is 1. The molecule has 0 bridgehead atoms. The molecule has 10 heteroatoms. The third-order valence-electron chi connectivity index (χ3n) is 5.62. The number of benzene rings is 1. The predicted molar refractivity (Wildman–Crippen MR) is 144 cm³/mol. The molecule has 4 N–H and O–H groups in total. The molecule has 0 fully saturated rings. The fourth-order valence-corrected chi connectivity index (χ4v) is 3.71. The smallest absolute Gasteiger partial charge is 0.191 e. The lowest BCUT2D eigenvalue weighted by molar-refractivity contribution is 0.368. The number of para-hydroxylation sites is 1. The molecule has 0 saturated carbocycles. The Bertz CT molecular complexity index is 1100. The van der Waals surface area contributed by atoms with Crippen LogP contribution in [0, 0.1) is 11.3 Å². The highest BCUT2D eigenvalue weighted by molar-refractivity contribution is 14.0. The number of guanidine groups is 1. The van der Waals surface area contributed by atoms with Gasteiger partial charge >= 0.3 is 0 Å². The van der Waals surface area contributed by atoms with Crippen molar-refractivity contribution in [3.8, 4) is 11.8 Å². The summed E-state index contributed by atoms with van der Waals surface area (Å²) in [5.74, 6) is 2.24. The van der Waals surface area contributed by atoms with E-state index in [1.807, 2.05) is 36.4 Å². The second-order valence-corrected chi connectivity index (χ2v) is 7.75. The molecule has 3 rings (SSSR count). The lowest BCUT2D eigenvalue weighted by Crippen LogP contribution is -2.37. The molecule has 182 valence electrons. The van der Waals surface area contributed by atoms with E-state index in [4.69, 9.17) is 10.3 Å². The maximum atomic E-state index is 9.55. The molecule has 2 heterocycles. The maximum absolute atomic E-state index is 9.55. The minimum atomic E-state index is 0. The average molecular weight is 576 g/mol. The van der Waals surface area contributed by atoms with Crippen LogP contribution in [0.4, 0.5) is 5.82 Å². The van der Waals surface area contributed by atoms with Crippen LogP contribution in [-0.2, 0) is 13.0 Å². The van der Waals surface area contributed by atoms with Gasteiger partial charge in [-0.15, -0.1) is 24.0 Å². The van der Waals surface area contributed by atoms with Gasteiger partial charge in [0.25, 0.3) is 0 Å². The number of anilines is 1. The van der Waals surface area contributed by atoms with Crippen molar-refractivity contribution in [1.29, 1.82) is 5.26 Å². The van der Waals surface area contributed by atoms with E-state index in [0.29, 0.717) is 48.5 Å². The minimum Gasteiger partial charge on any atom is -0.382 e. The van der Waals surface area contributed by atoms with Crippen molar-refractivity contribution in [2.75, 3.05) is 19.3 Å². The largest absolute Gasteiger partial charge is 0.382 e. The maximum Gasteiger partial charge on any atom is 0.191 e. The summed E-state index contributed by atoms with van der Waals surface area (Å²) in [6.45, 7) is 5.49. The van der Waals surface area contributed by atoms with Gasteiger partial charge in [-0.25, -0.2) is 4.68 Å². The van der Waals surface area contributed by atoms with Crippen LogP contribution >= 0.6 is 24.0 Å². The molecule has 2 aromatic heterocycles. The summed E-state index contributed by atoms with van der Waals surface area (Å²) in [6, 6.07) is 13.8. The van der Waals surface area contributed by atoms with Crippen LogP contribution in [0.3, 0.4) is 0 Å². The van der Waals surface area contributed by atoms with Crippen LogP contribution in [0.2, 0.25) is 0 Å². The van der Waals surface area contributed by atoms with Gasteiger partial charge in [0.15, 0.2) is 11.7 Å². The van der Waals surface area contributed by atoms with Gasteiger partial charge < -0.3 is 20.9 Å². The number of aryl methyl sites for hydroxylation is 1. The van der Waals surface area contributed by atoms with Gasteiger partial charge in [0.1, 0.15) is 17.5 Å². The van der Waals surface area contributed by atoms with Crippen LogP contribution in [0.25, 0.3) is 5.69 Å². The zero-order chi connectivity index (χ0) is 23.6. The topological polar surface area (TPSA) is 130 Å². The minimum absolute atomic E-state index is 0. The normalized spacial score (nSPS) is 11.2. The zero-order valence-electron chi connectivity index (χ0n) is 19.9. The number of halogens is 1. The molecule has 0 aliphatic rings. The molecule has 0 atom stereocenters. The fraction of sp³-hybridized carbons (Fsp3) is 0.417. The number of hydrogen-bond donors (Lipinski definition) is 3. The Morgan fingerprint density at radius 3 is 2.62 bits per heavy atom. The number of aliphatic imine (C=N–C) groups is 1. The van der Waals surface area contributed by atoms with Crippen molar-refractivity contribution in [1.82, 2.24) is 25.6 Å². The van der Waals surface area contributed by atoms with Gasteiger partial charge in [-0.3, -0.25) is 4.99 Å². The quantitative estimate of drug-likeness (QED) is 0.143. The Morgan fingerprint density at radius 2 is 1.97 bits per heavy atom. The molecule has 0 aliphatic carbocycles. The van der Waals surface area contributed by atoms with Gasteiger partial charge in [0.05, 0.1) is 23.6 Å². The summed E-state index contributed by atoms with van der Waals surface area (Å²) < 4.78 is 7.07. The lowest BCUT2D eigenvalue weighted by Gasteiger charge is -2.10. The number of nitrogens with two attached hydrogens (primary N) is 1. The Morgan fingerprint density at radius 1 is 1.24 bits per heavy atom. The van der Waals surface area contributed by atoms with Crippen LogP contribution in [0.5, 0.6) is 0 Å². The van der Waals surface area contributed by atoms with Gasteiger partial charge in [-0.1, -0.05) is 37.2 Å². The number of hydrogen-bond acceptors (Lipinski definition) is 6. The van der Waals surface area contributed by atoms with Crippen molar-refractivity contribution >= 4 is 35.8 Å². The Balaban J connectivity index is 0.00000408. The van der Waals surface area contributed by atoms with Gasteiger partial charge in [0, 0.05) is 25.6 Å². The first-order chi connectivity index (χ1) is 16.1. The summed E-state index contributed by atoms with van der Waals surface area (Å²) >= 11 is 0. The van der Waals surface area contributed by atoms with E-state index in [1.165, 1.54) is 0 Å². The predicted octanol–water partition coefficient (Wildman–Crippen LogP) is 4.13. The fourth-order valence-electron chi connectivity index (χ4n) is 3.71. The average Bonchev–Trinajstić information content (AvgIpc) is 3.44. The molecule has 3 aromatic rings. The summed E-state index contributed by atoms with van der Waals surface area (Å²) in [5, 5.41) is 24.8. The highest BCUT2D eigenvalue weighted by atomic mass is 127. The first kappa shape index (κ1) is 27.2. The Labute approximate surface area is 217 Å². The number of nitrogens with one attached hydrogen (secondary N) is 2. The highest BCUT2D eigenvalue weighted by Crippen LogP contribution is 2.23. The standard InChI is InChI=1S/C24H32N8O.HI/c1-4-17(5-2)22-14-19(33-31-22)16-29-24(27-3)28-13-9-12-21-20(15-25)23(26)32(30-21)18-10-7-6-8-11-18;/h6-8,10-11,14,17H,4-5,9,12-13,16,26H2,1-3H3,(H2,27,28,29);1H. The van der Waals surface area contributed by atoms with Crippen LogP contribution in [0.1, 0.15) is 61.7 Å². The monoisotopic (exact) mass is 576 g/mol. The number of aromatic nitrogens is 3. The van der Waals surface area contributed by atoms with Crippen LogP contribution in [-0.4, -0.2) is 34.5 Å². The summed E-state index contributed by atoms with van der Waals surface area (Å²) in [6.07, 6.45) is 3.48. The van der Waals surface area contributed by atoms with Crippen molar-refractivity contribution in [2.24, 2.45) is 4.99 Å². The third-order valence-corrected chi connectivity index (χ3v) is 5.62. The van der Waals surface area contributed by atoms with Crippen LogP contribution in [0.15, 0.2) is 45.9 Å². The molecule has 0 aliphatic heterocycles. The van der Waals surface area contributed by atoms with E-state index < -0.39 is 0 Å². The van der Waals surface area contributed by atoms with E-state index in [0.717, 1.165) is 36.4 Å². The lowest BCUT2D eigenvalue weighted by atomic mass is 9.99. The van der Waals surface area contributed by atoms with E-state index in [-0.39, 0.29) is 24.0 Å². The second kappa shape index (κ2) is 13.6. The molecule has 0 spiro atoms. The molecule has 34 heavy (non-hydrogen) atoms. The van der Waals surface area contributed by atoms with E-state index >= 15 is 0 Å². The molecular formula is C24H33IN8O. The van der Waals surface area contributed by atoms with Crippen molar-refractivity contribution in [2.45, 2.75) is 52.0 Å². The number of nitriles is 1. The summed E-state index contributed by atoms with van der Waals surface area (Å²) in [7, 11) is 1.72. The van der Waals surface area contributed by atoms with E-state index in [1.54, 1.807) is 11.7 Å². The van der Waals surface area contributed by atoms with Crippen molar-refractivity contribution in [3.63, 3.8) is 0 Å². The Kier molecular flexibility index (Phi) is 10.9. The molecular weight excluding hydrogens is 543 g/mol. The van der Waals surface area contributed by atoms with Gasteiger partial charge in [0.2, 0.25) is 0 Å². The molecule has 9 nitrogen and oxygen atoms in total. The first-order valence-corrected chi connectivity index (χ1v) is 11.3. The Hall–Kier alpha value is -3.07. The molecule has 1 aromatic carbocycles. The van der Waals surface area contributed by atoms with Gasteiger partial charge in [-0.2, -0.15) is 10.4 Å². The second-order valence-electron chi connectivity index (χ2n) is 7.75. The van der Waals surface area contributed by atoms with Crippen molar-refractivity contribution in [3.05, 3.63) is 59.1 Å². The van der Waals surface area contributed by atoms with Gasteiger partial charge in [-0.05, 0) is 37.8 Å². The molecule has 0 amide bonds. The number of nitrogens with zero attached hydrogens (tertiary/aromatic N) is 5. The molecule has 0 saturated heterocycles. The van der Waals surface area contributed by atoms with Crippen LogP contribution < -0.4 is 16.4 Å². The SMILES string of the molecule is CCC(CC)c1cc(CNC(=NC)NCCCc2nn(-c3ccccc3)c(N)c2C#N)on1.I. The third kappa shape index (κ3) is 6.72. The van der Waals surface area contributed by atoms with E-state index in [2.05, 4.69) is 45.8 Å². The first-order valence-electron chi connectivity index (χ1n) is 11.3. The summed E-state index contributed by atoms with van der Waals surface area (Å²) in [5.41, 5.74) is 9.13. The zero-order valence-corrected chi connectivity index (χ0v) is 22.2.